The van der Waals surface area contributed by atoms with Gasteiger partial charge in [-0.15, -0.1) is 11.3 Å². The van der Waals surface area contributed by atoms with E-state index in [9.17, 15) is 4.79 Å². The van der Waals surface area contributed by atoms with Gasteiger partial charge in [0.2, 0.25) is 17.6 Å². The fourth-order valence-corrected chi connectivity index (χ4v) is 5.24. The maximum absolute atomic E-state index is 11.4. The number of primary amides is 1. The van der Waals surface area contributed by atoms with Crippen molar-refractivity contribution < 1.29 is 9.32 Å². The summed E-state index contributed by atoms with van der Waals surface area (Å²) in [5.74, 6) is 1.90. The van der Waals surface area contributed by atoms with Gasteiger partial charge in [0.1, 0.15) is 5.82 Å². The molecule has 0 aromatic carbocycles. The molecule has 3 aromatic rings. The van der Waals surface area contributed by atoms with Crippen LogP contribution in [0, 0.1) is 5.92 Å². The average molecular weight is 439 g/mol. The zero-order valence-electron chi connectivity index (χ0n) is 17.3. The van der Waals surface area contributed by atoms with Crippen molar-refractivity contribution in [3.05, 3.63) is 46.6 Å². The van der Waals surface area contributed by atoms with E-state index in [1.54, 1.807) is 17.5 Å². The molecule has 9 heteroatoms. The van der Waals surface area contributed by atoms with Gasteiger partial charge in [-0.2, -0.15) is 4.98 Å². The largest absolute Gasteiger partial charge is 0.369 e. The molecule has 0 bridgehead atoms. The first-order valence-corrected chi connectivity index (χ1v) is 11.7. The van der Waals surface area contributed by atoms with Crippen LogP contribution in [0.4, 0.5) is 5.82 Å². The van der Waals surface area contributed by atoms with Crippen molar-refractivity contribution in [1.29, 1.82) is 0 Å². The lowest BCUT2D eigenvalue weighted by molar-refractivity contribution is -0.122. The quantitative estimate of drug-likeness (QED) is 0.630. The van der Waals surface area contributed by atoms with Crippen molar-refractivity contribution in [2.45, 2.75) is 38.3 Å². The number of amides is 1. The Balaban J connectivity index is 1.30. The summed E-state index contributed by atoms with van der Waals surface area (Å²) in [6.45, 7) is 3.49. The second-order valence-corrected chi connectivity index (χ2v) is 9.26. The van der Waals surface area contributed by atoms with Gasteiger partial charge in [0.15, 0.2) is 0 Å². The molecule has 2 aliphatic rings. The number of aromatic nitrogens is 3. The van der Waals surface area contributed by atoms with E-state index in [4.69, 9.17) is 15.2 Å². The number of nitrogens with zero attached hydrogens (tertiary/aromatic N) is 5. The SMILES string of the molecule is NC(=O)C1CCN(c2cc(-c3noc([C@@H]4CCCN4Cc4cccs4)n3)ccn2)CC1. The van der Waals surface area contributed by atoms with Crippen LogP contribution < -0.4 is 10.6 Å². The van der Waals surface area contributed by atoms with Crippen LogP contribution in [0.3, 0.4) is 0 Å². The summed E-state index contributed by atoms with van der Waals surface area (Å²) in [6, 6.07) is 8.33. The molecule has 1 atom stereocenters. The highest BCUT2D eigenvalue weighted by molar-refractivity contribution is 7.09. The summed E-state index contributed by atoms with van der Waals surface area (Å²) < 4.78 is 5.69. The van der Waals surface area contributed by atoms with Crippen LogP contribution in [0.25, 0.3) is 11.4 Å². The molecule has 0 radical (unpaired) electrons. The zero-order chi connectivity index (χ0) is 21.2. The number of thiophene rings is 1. The van der Waals surface area contributed by atoms with E-state index < -0.39 is 0 Å². The molecule has 0 unspecified atom stereocenters. The number of hydrogen-bond donors (Lipinski definition) is 1. The number of carbonyl (C=O) groups is 1. The molecule has 2 N–H and O–H groups in total. The number of pyridine rings is 1. The van der Waals surface area contributed by atoms with Crippen LogP contribution in [0.2, 0.25) is 0 Å². The lowest BCUT2D eigenvalue weighted by atomic mass is 9.96. The minimum atomic E-state index is -0.208. The van der Waals surface area contributed by atoms with Gasteiger partial charge >= 0.3 is 0 Å². The minimum absolute atomic E-state index is 0.0391. The van der Waals surface area contributed by atoms with Gasteiger partial charge in [0, 0.05) is 42.2 Å². The summed E-state index contributed by atoms with van der Waals surface area (Å²) in [6.07, 6.45) is 5.46. The van der Waals surface area contributed by atoms with Crippen molar-refractivity contribution in [2.24, 2.45) is 11.7 Å². The second-order valence-electron chi connectivity index (χ2n) is 8.23. The van der Waals surface area contributed by atoms with Gasteiger partial charge in [-0.05, 0) is 55.8 Å². The average Bonchev–Trinajstić information content (AvgIpc) is 3.56. The van der Waals surface area contributed by atoms with Crippen LogP contribution in [-0.2, 0) is 11.3 Å². The predicted octanol–water partition coefficient (Wildman–Crippen LogP) is 3.23. The zero-order valence-corrected chi connectivity index (χ0v) is 18.1. The van der Waals surface area contributed by atoms with E-state index in [2.05, 4.69) is 37.5 Å². The van der Waals surface area contributed by atoms with E-state index >= 15 is 0 Å². The van der Waals surface area contributed by atoms with E-state index in [1.807, 2.05) is 12.1 Å². The van der Waals surface area contributed by atoms with Gasteiger partial charge in [0.05, 0.1) is 6.04 Å². The molecule has 2 saturated heterocycles. The summed E-state index contributed by atoms with van der Waals surface area (Å²) in [7, 11) is 0. The Hall–Kier alpha value is -2.78. The monoisotopic (exact) mass is 438 g/mol. The molecule has 31 heavy (non-hydrogen) atoms. The number of hydrogen-bond acceptors (Lipinski definition) is 8. The van der Waals surface area contributed by atoms with Crippen molar-refractivity contribution in [2.75, 3.05) is 24.5 Å². The van der Waals surface area contributed by atoms with Gasteiger partial charge in [0.25, 0.3) is 0 Å². The molecular weight excluding hydrogens is 412 g/mol. The highest BCUT2D eigenvalue weighted by Crippen LogP contribution is 2.34. The van der Waals surface area contributed by atoms with E-state index in [1.165, 1.54) is 4.88 Å². The first-order valence-electron chi connectivity index (χ1n) is 10.8. The molecule has 0 saturated carbocycles. The Morgan fingerprint density at radius 3 is 2.87 bits per heavy atom. The number of rotatable bonds is 6. The smallest absolute Gasteiger partial charge is 0.244 e. The Bertz CT molecular complexity index is 1030. The summed E-state index contributed by atoms with van der Waals surface area (Å²) in [5, 5.41) is 6.38. The highest BCUT2D eigenvalue weighted by atomic mass is 32.1. The molecule has 5 heterocycles. The summed E-state index contributed by atoms with van der Waals surface area (Å²) >= 11 is 1.78. The lowest BCUT2D eigenvalue weighted by Crippen LogP contribution is -2.38. The standard InChI is InChI=1S/C22H26N6O2S/c23-20(29)15-6-10-27(11-7-15)19-13-16(5-8-24-19)21-25-22(30-26-21)18-4-1-9-28(18)14-17-3-2-12-31-17/h2-3,5,8,12-13,15,18H,1,4,6-7,9-11,14H2,(H2,23,29)/t18-/m0/s1. The first kappa shape index (κ1) is 20.1. The third kappa shape index (κ3) is 4.33. The van der Waals surface area contributed by atoms with Crippen molar-refractivity contribution >= 4 is 23.1 Å². The molecule has 5 rings (SSSR count). The van der Waals surface area contributed by atoms with Crippen molar-refractivity contribution in [1.82, 2.24) is 20.0 Å². The number of anilines is 1. The van der Waals surface area contributed by atoms with E-state index in [0.29, 0.717) is 11.7 Å². The first-order chi connectivity index (χ1) is 15.2. The molecule has 0 spiro atoms. The highest BCUT2D eigenvalue weighted by Gasteiger charge is 2.31. The maximum atomic E-state index is 11.4. The minimum Gasteiger partial charge on any atom is -0.369 e. The number of likely N-dealkylation sites (tertiary alicyclic amines) is 1. The maximum Gasteiger partial charge on any atom is 0.244 e. The second kappa shape index (κ2) is 8.76. The van der Waals surface area contributed by atoms with Crippen molar-refractivity contribution in [3.8, 4) is 11.4 Å². The van der Waals surface area contributed by atoms with E-state index in [0.717, 1.165) is 63.2 Å². The molecule has 1 amide bonds. The summed E-state index contributed by atoms with van der Waals surface area (Å²) in [5.41, 5.74) is 6.34. The molecule has 162 valence electrons. The molecule has 2 aliphatic heterocycles. The van der Waals surface area contributed by atoms with Gasteiger partial charge < -0.3 is 15.2 Å². The van der Waals surface area contributed by atoms with E-state index in [-0.39, 0.29) is 17.9 Å². The Morgan fingerprint density at radius 1 is 1.23 bits per heavy atom. The molecule has 3 aromatic heterocycles. The molecular formula is C22H26N6O2S. The summed E-state index contributed by atoms with van der Waals surface area (Å²) in [4.78, 5) is 26.6. The van der Waals surface area contributed by atoms with Crippen LogP contribution in [0.15, 0.2) is 40.4 Å². The fraction of sp³-hybridized carbons (Fsp3) is 0.455. The van der Waals surface area contributed by atoms with Crippen LogP contribution >= 0.6 is 11.3 Å². The molecule has 8 nitrogen and oxygen atoms in total. The van der Waals surface area contributed by atoms with Gasteiger partial charge in [-0.3, -0.25) is 9.69 Å². The van der Waals surface area contributed by atoms with Gasteiger partial charge in [-0.25, -0.2) is 4.98 Å². The third-order valence-corrected chi connectivity index (χ3v) is 7.12. The van der Waals surface area contributed by atoms with Crippen LogP contribution in [0.1, 0.15) is 42.5 Å². The number of piperidine rings is 1. The topological polar surface area (TPSA) is 101 Å². The third-order valence-electron chi connectivity index (χ3n) is 6.25. The lowest BCUT2D eigenvalue weighted by Gasteiger charge is -2.31. The van der Waals surface area contributed by atoms with Gasteiger partial charge in [-0.1, -0.05) is 11.2 Å². The number of nitrogens with two attached hydrogens (primary N) is 1. The normalized spacial score (nSPS) is 20.4. The fourth-order valence-electron chi connectivity index (χ4n) is 4.51. The Labute approximate surface area is 185 Å². The van der Waals surface area contributed by atoms with Crippen LogP contribution in [-0.4, -0.2) is 45.6 Å². The Morgan fingerprint density at radius 2 is 2.10 bits per heavy atom. The molecule has 2 fully saturated rings. The molecule has 0 aliphatic carbocycles. The predicted molar refractivity (Wildman–Crippen MR) is 118 cm³/mol. The Kier molecular flexibility index (Phi) is 5.69. The number of carbonyl (C=O) groups excluding carboxylic acids is 1. The van der Waals surface area contributed by atoms with Crippen LogP contribution in [0.5, 0.6) is 0 Å². The van der Waals surface area contributed by atoms with Crippen molar-refractivity contribution in [3.63, 3.8) is 0 Å².